The van der Waals surface area contributed by atoms with E-state index < -0.39 is 5.82 Å². The van der Waals surface area contributed by atoms with Crippen molar-refractivity contribution in [3.63, 3.8) is 0 Å². The molecule has 1 fully saturated rings. The average molecular weight is 471 g/mol. The summed E-state index contributed by atoms with van der Waals surface area (Å²) in [5, 5.41) is 14.9. The second-order valence-electron chi connectivity index (χ2n) is 8.81. The number of hydrogen-bond donors (Lipinski definition) is 2. The zero-order valence-corrected chi connectivity index (χ0v) is 20.2. The number of halogens is 1. The molecule has 182 valence electrons. The van der Waals surface area contributed by atoms with Crippen molar-refractivity contribution < 1.29 is 19.0 Å². The van der Waals surface area contributed by atoms with Gasteiger partial charge < -0.3 is 29.5 Å². The first-order valence-electron chi connectivity index (χ1n) is 11.5. The van der Waals surface area contributed by atoms with Gasteiger partial charge in [0.2, 0.25) is 17.7 Å². The predicted octanol–water partition coefficient (Wildman–Crippen LogP) is 3.71. The summed E-state index contributed by atoms with van der Waals surface area (Å²) in [6, 6.07) is 4.58. The number of anilines is 2. The summed E-state index contributed by atoms with van der Waals surface area (Å²) in [5.41, 5.74) is 1.12. The minimum absolute atomic E-state index is 0.00773. The molecule has 9 nitrogen and oxygen atoms in total. The smallest absolute Gasteiger partial charge is 0.242 e. The Morgan fingerprint density at radius 2 is 2.00 bits per heavy atom. The molecule has 1 aromatic carbocycles. The van der Waals surface area contributed by atoms with Gasteiger partial charge in [0.05, 0.1) is 24.6 Å². The maximum absolute atomic E-state index is 14.5. The molecular formula is C24H31FN6O3. The van der Waals surface area contributed by atoms with E-state index in [2.05, 4.69) is 10.3 Å². The molecule has 0 spiro atoms. The van der Waals surface area contributed by atoms with E-state index in [0.29, 0.717) is 42.4 Å². The minimum Gasteiger partial charge on any atom is -0.493 e. The van der Waals surface area contributed by atoms with Crippen LogP contribution in [0.3, 0.4) is 0 Å². The van der Waals surface area contributed by atoms with Crippen molar-refractivity contribution in [2.45, 2.75) is 39.8 Å². The van der Waals surface area contributed by atoms with Crippen LogP contribution in [0.5, 0.6) is 11.6 Å². The molecule has 0 unspecified atom stereocenters. The number of aromatic nitrogens is 3. The Hall–Kier alpha value is -3.56. The summed E-state index contributed by atoms with van der Waals surface area (Å²) >= 11 is 0. The number of hydrogen-bond acceptors (Lipinski definition) is 7. The van der Waals surface area contributed by atoms with E-state index in [1.807, 2.05) is 33.9 Å². The van der Waals surface area contributed by atoms with Gasteiger partial charge in [0.15, 0.2) is 11.6 Å². The Labute approximate surface area is 198 Å². The van der Waals surface area contributed by atoms with Gasteiger partial charge in [-0.3, -0.25) is 4.79 Å². The number of carbonyl (C=O) groups is 1. The van der Waals surface area contributed by atoms with Crippen molar-refractivity contribution in [3.8, 4) is 11.6 Å². The second kappa shape index (κ2) is 9.36. The van der Waals surface area contributed by atoms with Gasteiger partial charge in [0, 0.05) is 32.4 Å². The highest BCUT2D eigenvalue weighted by molar-refractivity contribution is 5.94. The molecule has 1 atom stereocenters. The van der Waals surface area contributed by atoms with Crippen LogP contribution in [0.4, 0.5) is 16.2 Å². The quantitative estimate of drug-likeness (QED) is 0.544. The molecule has 3 heterocycles. The van der Waals surface area contributed by atoms with Gasteiger partial charge in [-0.2, -0.15) is 4.98 Å². The molecule has 0 bridgehead atoms. The lowest BCUT2D eigenvalue weighted by molar-refractivity contribution is -0.129. The Morgan fingerprint density at radius 3 is 2.65 bits per heavy atom. The van der Waals surface area contributed by atoms with Crippen molar-refractivity contribution in [2.75, 3.05) is 43.5 Å². The van der Waals surface area contributed by atoms with Crippen LogP contribution >= 0.6 is 0 Å². The number of amides is 1. The Balaban J connectivity index is 1.73. The van der Waals surface area contributed by atoms with Gasteiger partial charge in [-0.05, 0) is 45.4 Å². The van der Waals surface area contributed by atoms with Gasteiger partial charge in [0.25, 0.3) is 0 Å². The normalized spacial score (nSPS) is 15.3. The molecule has 2 aromatic heterocycles. The van der Waals surface area contributed by atoms with Crippen LogP contribution in [0, 0.1) is 5.82 Å². The summed E-state index contributed by atoms with van der Waals surface area (Å²) in [5.74, 6) is 0.662. The highest BCUT2D eigenvalue weighted by Crippen LogP contribution is 2.35. The Bertz CT molecular complexity index is 1210. The largest absolute Gasteiger partial charge is 0.493 e. The highest BCUT2D eigenvalue weighted by atomic mass is 19.1. The summed E-state index contributed by atoms with van der Waals surface area (Å²) < 4.78 is 21.5. The minimum atomic E-state index is -0.430. The van der Waals surface area contributed by atoms with Crippen LogP contribution in [0.25, 0.3) is 10.9 Å². The van der Waals surface area contributed by atoms with E-state index in [0.717, 1.165) is 5.56 Å². The third-order valence-corrected chi connectivity index (χ3v) is 6.06. The molecule has 1 aliphatic heterocycles. The summed E-state index contributed by atoms with van der Waals surface area (Å²) in [4.78, 5) is 25.1. The van der Waals surface area contributed by atoms with Gasteiger partial charge >= 0.3 is 0 Å². The molecule has 1 amide bonds. The summed E-state index contributed by atoms with van der Waals surface area (Å²) in [7, 11) is 1.77. The van der Waals surface area contributed by atoms with Crippen molar-refractivity contribution in [3.05, 3.63) is 35.8 Å². The second-order valence-corrected chi connectivity index (χ2v) is 8.81. The van der Waals surface area contributed by atoms with Crippen LogP contribution in [0.2, 0.25) is 0 Å². The van der Waals surface area contributed by atoms with Crippen molar-refractivity contribution >= 4 is 28.6 Å². The fourth-order valence-electron chi connectivity index (χ4n) is 3.99. The molecule has 3 aromatic rings. The molecule has 34 heavy (non-hydrogen) atoms. The lowest BCUT2D eigenvalue weighted by atomic mass is 10.1. The number of rotatable bonds is 7. The van der Waals surface area contributed by atoms with E-state index in [1.54, 1.807) is 33.5 Å². The number of aromatic hydroxyl groups is 1. The molecule has 2 N–H and O–H groups in total. The van der Waals surface area contributed by atoms with E-state index >= 15 is 0 Å². The zero-order chi connectivity index (χ0) is 24.6. The van der Waals surface area contributed by atoms with Crippen LogP contribution in [-0.4, -0.2) is 63.7 Å². The standard InChI is InChI=1S/C24H31FN6O3/c1-6-34-19-8-7-16(11-18(19)25)15(4)26-22-17-12-31(14(2)3)23(33)21(17)27-24(28-22)30-10-9-29(5)20(32)13-30/h7-8,11-12,14-15,33H,6,9-10,13H2,1-5H3,(H,26,27,28)/t15-/m1/s1. The number of ether oxygens (including phenoxy) is 1. The van der Waals surface area contributed by atoms with Gasteiger partial charge in [0.1, 0.15) is 11.3 Å². The topological polar surface area (TPSA) is 95.8 Å². The fraction of sp³-hybridized carbons (Fsp3) is 0.458. The zero-order valence-electron chi connectivity index (χ0n) is 20.2. The number of piperazine rings is 1. The third-order valence-electron chi connectivity index (χ3n) is 6.06. The van der Waals surface area contributed by atoms with Crippen molar-refractivity contribution in [1.82, 2.24) is 19.4 Å². The molecule has 10 heteroatoms. The third kappa shape index (κ3) is 4.44. The number of benzene rings is 1. The van der Waals surface area contributed by atoms with Gasteiger partial charge in [-0.15, -0.1) is 0 Å². The molecule has 0 saturated carbocycles. The molecule has 0 radical (unpaired) electrons. The molecule has 1 saturated heterocycles. The van der Waals surface area contributed by atoms with E-state index in [-0.39, 0.29) is 36.2 Å². The molecule has 1 aliphatic rings. The maximum Gasteiger partial charge on any atom is 0.242 e. The maximum atomic E-state index is 14.5. The number of nitrogens with one attached hydrogen (secondary N) is 1. The molecule has 4 rings (SSSR count). The van der Waals surface area contributed by atoms with Crippen LogP contribution in [0.1, 0.15) is 45.3 Å². The van der Waals surface area contributed by atoms with Crippen molar-refractivity contribution in [2.24, 2.45) is 0 Å². The fourth-order valence-corrected chi connectivity index (χ4v) is 3.99. The van der Waals surface area contributed by atoms with Crippen LogP contribution in [-0.2, 0) is 4.79 Å². The van der Waals surface area contributed by atoms with Gasteiger partial charge in [-0.1, -0.05) is 6.07 Å². The first-order chi connectivity index (χ1) is 16.2. The first-order valence-corrected chi connectivity index (χ1v) is 11.5. The first kappa shape index (κ1) is 23.6. The number of carbonyl (C=O) groups excluding carboxylic acids is 1. The van der Waals surface area contributed by atoms with E-state index in [1.165, 1.54) is 6.07 Å². The average Bonchev–Trinajstić information content (AvgIpc) is 3.14. The number of fused-ring (bicyclic) bond motifs is 1. The highest BCUT2D eigenvalue weighted by Gasteiger charge is 2.26. The summed E-state index contributed by atoms with van der Waals surface area (Å²) in [6.07, 6.45) is 1.81. The van der Waals surface area contributed by atoms with Crippen LogP contribution < -0.4 is 15.0 Å². The monoisotopic (exact) mass is 470 g/mol. The molecular weight excluding hydrogens is 439 g/mol. The van der Waals surface area contributed by atoms with E-state index in [4.69, 9.17) is 9.72 Å². The number of nitrogens with zero attached hydrogens (tertiary/aromatic N) is 5. The predicted molar refractivity (Wildman–Crippen MR) is 129 cm³/mol. The Morgan fingerprint density at radius 1 is 1.24 bits per heavy atom. The Kier molecular flexibility index (Phi) is 6.49. The number of likely N-dealkylation sites (N-methyl/N-ethyl adjacent to an activating group) is 1. The lowest BCUT2D eigenvalue weighted by Gasteiger charge is -2.32. The summed E-state index contributed by atoms with van der Waals surface area (Å²) in [6.45, 7) is 9.32. The van der Waals surface area contributed by atoms with Crippen molar-refractivity contribution in [1.29, 1.82) is 0 Å². The van der Waals surface area contributed by atoms with Crippen LogP contribution in [0.15, 0.2) is 24.4 Å². The molecule has 0 aliphatic carbocycles. The van der Waals surface area contributed by atoms with Gasteiger partial charge in [-0.25, -0.2) is 9.37 Å². The lowest BCUT2D eigenvalue weighted by Crippen LogP contribution is -2.49. The SMILES string of the molecule is CCOc1ccc([C@@H](C)Nc2nc(N3CCN(C)C(=O)C3)nc3c(O)n(C(C)C)cc23)cc1F. The van der Waals surface area contributed by atoms with E-state index in [9.17, 15) is 14.3 Å².